The van der Waals surface area contributed by atoms with E-state index in [2.05, 4.69) is 5.32 Å². The number of hydrogen-bond acceptors (Lipinski definition) is 4. The number of hydrogen-bond donors (Lipinski definition) is 2. The molecule has 1 atom stereocenters. The molecule has 2 rings (SSSR count). The summed E-state index contributed by atoms with van der Waals surface area (Å²) >= 11 is 5.77. The van der Waals surface area contributed by atoms with Crippen molar-refractivity contribution in [3.05, 3.63) is 64.7 Å². The van der Waals surface area contributed by atoms with Crippen LogP contribution in [0.4, 0.5) is 5.69 Å². The monoisotopic (exact) mass is 332 g/mol. The Morgan fingerprint density at radius 3 is 2.57 bits per heavy atom. The summed E-state index contributed by atoms with van der Waals surface area (Å²) in [5.41, 5.74) is 7.05. The minimum Gasteiger partial charge on any atom is -0.452 e. The molecule has 0 fully saturated rings. The molecular formula is C17H17ClN2O3. The first-order chi connectivity index (χ1) is 11.0. The first-order valence-corrected chi connectivity index (χ1v) is 7.41. The highest BCUT2D eigenvalue weighted by atomic mass is 35.5. The molecular weight excluding hydrogens is 316 g/mol. The van der Waals surface area contributed by atoms with E-state index in [1.807, 2.05) is 37.3 Å². The third-order valence-electron chi connectivity index (χ3n) is 3.24. The fourth-order valence-corrected chi connectivity index (χ4v) is 2.22. The summed E-state index contributed by atoms with van der Waals surface area (Å²) in [5.74, 6) is -1.05. The van der Waals surface area contributed by atoms with Crippen LogP contribution >= 0.6 is 11.6 Å². The quantitative estimate of drug-likeness (QED) is 0.651. The van der Waals surface area contributed by atoms with E-state index >= 15 is 0 Å². The van der Waals surface area contributed by atoms with Crippen molar-refractivity contribution in [2.45, 2.75) is 13.0 Å². The van der Waals surface area contributed by atoms with E-state index in [-0.39, 0.29) is 29.8 Å². The summed E-state index contributed by atoms with van der Waals surface area (Å²) in [6.07, 6.45) is 0. The first-order valence-electron chi connectivity index (χ1n) is 7.04. The fourth-order valence-electron chi connectivity index (χ4n) is 2.04. The maximum absolute atomic E-state index is 11.9. The van der Waals surface area contributed by atoms with Crippen LogP contribution < -0.4 is 11.1 Å². The van der Waals surface area contributed by atoms with Crippen LogP contribution in [0.2, 0.25) is 5.02 Å². The smallest absolute Gasteiger partial charge is 0.340 e. The average Bonchev–Trinajstić information content (AvgIpc) is 2.53. The van der Waals surface area contributed by atoms with Crippen molar-refractivity contribution in [2.75, 3.05) is 12.3 Å². The Morgan fingerprint density at radius 1 is 1.22 bits per heavy atom. The zero-order valence-corrected chi connectivity index (χ0v) is 13.3. The highest BCUT2D eigenvalue weighted by molar-refractivity contribution is 6.31. The van der Waals surface area contributed by atoms with Crippen LogP contribution in [-0.2, 0) is 9.53 Å². The first kappa shape index (κ1) is 16.8. The Bertz CT molecular complexity index is 704. The molecule has 0 aliphatic carbocycles. The van der Waals surface area contributed by atoms with Gasteiger partial charge in [0.15, 0.2) is 6.61 Å². The standard InChI is InChI=1S/C17H17ClN2O3/c1-11(12-5-3-2-4-6-12)20-16(21)10-23-17(22)14-8-7-13(18)9-15(14)19/h2-9,11H,10,19H2,1H3,(H,20,21). The van der Waals surface area contributed by atoms with Crippen molar-refractivity contribution < 1.29 is 14.3 Å². The number of amides is 1. The van der Waals surface area contributed by atoms with Gasteiger partial charge in [0.05, 0.1) is 11.6 Å². The van der Waals surface area contributed by atoms with E-state index < -0.39 is 5.97 Å². The maximum Gasteiger partial charge on any atom is 0.340 e. The van der Waals surface area contributed by atoms with Gasteiger partial charge in [0, 0.05) is 10.7 Å². The third kappa shape index (κ3) is 4.72. The molecule has 1 unspecified atom stereocenters. The number of anilines is 1. The fraction of sp³-hybridized carbons (Fsp3) is 0.176. The molecule has 2 aromatic carbocycles. The molecule has 23 heavy (non-hydrogen) atoms. The molecule has 0 aliphatic rings. The molecule has 1 amide bonds. The zero-order valence-electron chi connectivity index (χ0n) is 12.6. The number of carbonyl (C=O) groups is 2. The van der Waals surface area contributed by atoms with Gasteiger partial charge >= 0.3 is 5.97 Å². The van der Waals surface area contributed by atoms with E-state index in [1.165, 1.54) is 18.2 Å². The number of carbonyl (C=O) groups excluding carboxylic acids is 2. The van der Waals surface area contributed by atoms with E-state index in [4.69, 9.17) is 22.1 Å². The molecule has 2 aromatic rings. The molecule has 0 bridgehead atoms. The third-order valence-corrected chi connectivity index (χ3v) is 3.48. The van der Waals surface area contributed by atoms with E-state index in [1.54, 1.807) is 0 Å². The maximum atomic E-state index is 11.9. The molecule has 0 aliphatic heterocycles. The molecule has 0 heterocycles. The lowest BCUT2D eigenvalue weighted by Crippen LogP contribution is -2.31. The Labute approximate surface area is 139 Å². The van der Waals surface area contributed by atoms with Gasteiger partial charge in [0.2, 0.25) is 0 Å². The lowest BCUT2D eigenvalue weighted by molar-refractivity contribution is -0.124. The normalized spacial score (nSPS) is 11.6. The summed E-state index contributed by atoms with van der Waals surface area (Å²) in [5, 5.41) is 3.18. The van der Waals surface area contributed by atoms with Gasteiger partial charge < -0.3 is 15.8 Å². The van der Waals surface area contributed by atoms with Gasteiger partial charge in [-0.2, -0.15) is 0 Å². The SMILES string of the molecule is CC(NC(=O)COC(=O)c1ccc(Cl)cc1N)c1ccccc1. The highest BCUT2D eigenvalue weighted by Crippen LogP contribution is 2.18. The van der Waals surface area contributed by atoms with E-state index in [9.17, 15) is 9.59 Å². The van der Waals surface area contributed by atoms with E-state index in [0.717, 1.165) is 5.56 Å². The Hall–Kier alpha value is -2.53. The van der Waals surface area contributed by atoms with Gasteiger partial charge in [0.25, 0.3) is 5.91 Å². The van der Waals surface area contributed by atoms with Gasteiger partial charge in [0.1, 0.15) is 0 Å². The summed E-state index contributed by atoms with van der Waals surface area (Å²) in [7, 11) is 0. The van der Waals surface area contributed by atoms with Gasteiger partial charge in [-0.3, -0.25) is 4.79 Å². The Kier molecular flexibility index (Phi) is 5.60. The number of nitrogen functional groups attached to an aromatic ring is 1. The van der Waals surface area contributed by atoms with Crippen LogP contribution in [0.15, 0.2) is 48.5 Å². The van der Waals surface area contributed by atoms with Crippen LogP contribution in [-0.4, -0.2) is 18.5 Å². The largest absolute Gasteiger partial charge is 0.452 e. The highest BCUT2D eigenvalue weighted by Gasteiger charge is 2.15. The molecule has 0 spiro atoms. The number of halogens is 1. The number of benzene rings is 2. The molecule has 120 valence electrons. The lowest BCUT2D eigenvalue weighted by atomic mass is 10.1. The van der Waals surface area contributed by atoms with Gasteiger partial charge in [-0.15, -0.1) is 0 Å². The molecule has 5 nitrogen and oxygen atoms in total. The molecule has 0 saturated carbocycles. The number of nitrogens with two attached hydrogens (primary N) is 1. The van der Waals surface area contributed by atoms with Crippen molar-refractivity contribution in [1.82, 2.24) is 5.32 Å². The summed E-state index contributed by atoms with van der Waals surface area (Å²) in [6, 6.07) is 13.8. The second kappa shape index (κ2) is 7.65. The molecule has 0 aromatic heterocycles. The van der Waals surface area contributed by atoms with Gasteiger partial charge in [-0.05, 0) is 30.7 Å². The predicted molar refractivity (Wildman–Crippen MR) is 89.1 cm³/mol. The van der Waals surface area contributed by atoms with Crippen LogP contribution in [0.1, 0.15) is 28.9 Å². The van der Waals surface area contributed by atoms with E-state index in [0.29, 0.717) is 5.02 Å². The summed E-state index contributed by atoms with van der Waals surface area (Å²) in [6.45, 7) is 1.48. The van der Waals surface area contributed by atoms with Crippen LogP contribution in [0, 0.1) is 0 Å². The summed E-state index contributed by atoms with van der Waals surface area (Å²) in [4.78, 5) is 23.8. The lowest BCUT2D eigenvalue weighted by Gasteiger charge is -2.14. The number of ether oxygens (including phenoxy) is 1. The predicted octanol–water partition coefficient (Wildman–Crippen LogP) is 2.96. The Morgan fingerprint density at radius 2 is 1.91 bits per heavy atom. The van der Waals surface area contributed by atoms with Crippen molar-refractivity contribution in [3.63, 3.8) is 0 Å². The van der Waals surface area contributed by atoms with Crippen LogP contribution in [0.25, 0.3) is 0 Å². The second-order valence-electron chi connectivity index (χ2n) is 5.01. The molecule has 3 N–H and O–H groups in total. The minimum absolute atomic E-state index is 0.178. The van der Waals surface area contributed by atoms with Crippen molar-refractivity contribution in [1.29, 1.82) is 0 Å². The number of esters is 1. The molecule has 6 heteroatoms. The van der Waals surface area contributed by atoms with Crippen LogP contribution in [0.3, 0.4) is 0 Å². The number of nitrogens with one attached hydrogen (secondary N) is 1. The second-order valence-corrected chi connectivity index (χ2v) is 5.44. The summed E-state index contributed by atoms with van der Waals surface area (Å²) < 4.78 is 4.97. The average molecular weight is 333 g/mol. The molecule has 0 radical (unpaired) electrons. The van der Waals surface area contributed by atoms with Gasteiger partial charge in [-0.25, -0.2) is 4.79 Å². The van der Waals surface area contributed by atoms with Gasteiger partial charge in [-0.1, -0.05) is 41.9 Å². The van der Waals surface area contributed by atoms with Crippen molar-refractivity contribution in [2.24, 2.45) is 0 Å². The zero-order chi connectivity index (χ0) is 16.8. The number of rotatable bonds is 5. The molecule has 0 saturated heterocycles. The van der Waals surface area contributed by atoms with Crippen molar-refractivity contribution >= 4 is 29.2 Å². The minimum atomic E-state index is -0.665. The van der Waals surface area contributed by atoms with Crippen molar-refractivity contribution in [3.8, 4) is 0 Å². The Balaban J connectivity index is 1.88. The topological polar surface area (TPSA) is 81.4 Å². The van der Waals surface area contributed by atoms with Crippen LogP contribution in [0.5, 0.6) is 0 Å².